The van der Waals surface area contributed by atoms with E-state index in [2.05, 4.69) is 131 Å². The van der Waals surface area contributed by atoms with E-state index >= 15 is 0 Å². The van der Waals surface area contributed by atoms with Crippen molar-refractivity contribution in [2.24, 2.45) is 11.7 Å². The minimum atomic E-state index is 0.199. The van der Waals surface area contributed by atoms with E-state index in [1.807, 2.05) is 11.3 Å². The van der Waals surface area contributed by atoms with Crippen LogP contribution in [0.4, 0.5) is 0 Å². The smallest absolute Gasteiger partial charge is 0.0352 e. The molecule has 1 atom stereocenters. The summed E-state index contributed by atoms with van der Waals surface area (Å²) in [5, 5.41) is 1.32. The van der Waals surface area contributed by atoms with Crippen molar-refractivity contribution in [2.75, 3.05) is 0 Å². The highest BCUT2D eigenvalue weighted by Crippen LogP contribution is 2.52. The second-order valence-corrected chi connectivity index (χ2v) is 15.6. The molecule has 1 unspecified atom stereocenters. The van der Waals surface area contributed by atoms with Gasteiger partial charge in [-0.05, 0) is 130 Å². The van der Waals surface area contributed by atoms with Crippen LogP contribution in [0.25, 0.3) is 60.2 Å². The van der Waals surface area contributed by atoms with Crippen LogP contribution in [0.5, 0.6) is 0 Å². The van der Waals surface area contributed by atoms with E-state index in [-0.39, 0.29) is 5.92 Å². The van der Waals surface area contributed by atoms with Gasteiger partial charge in [-0.15, -0.1) is 24.0 Å². The number of nitrogens with two attached hydrogens (primary N) is 1. The van der Waals surface area contributed by atoms with Gasteiger partial charge in [0, 0.05) is 42.6 Å². The molecule has 1 nitrogen and oxygen atoms in total. The van der Waals surface area contributed by atoms with E-state index < -0.39 is 0 Å². The number of thiol groups is 1. The van der Waals surface area contributed by atoms with Crippen molar-refractivity contribution in [3.05, 3.63) is 153 Å². The summed E-state index contributed by atoms with van der Waals surface area (Å²) in [6.07, 6.45) is 7.64. The first-order valence-electron chi connectivity index (χ1n) is 17.4. The van der Waals surface area contributed by atoms with E-state index in [0.717, 1.165) is 29.9 Å². The van der Waals surface area contributed by atoms with Crippen LogP contribution in [0.2, 0.25) is 0 Å². The van der Waals surface area contributed by atoms with Crippen LogP contribution in [-0.4, -0.2) is 0 Å². The number of hydrogen-bond donors (Lipinski definition) is 2. The Morgan fingerprint density at radius 2 is 1.41 bits per heavy atom. The molecular weight excluding hydrogens is 631 g/mol. The largest absolute Gasteiger partial charge is 0.401 e. The molecule has 3 heteroatoms. The predicted molar refractivity (Wildman–Crippen MR) is 214 cm³/mol. The molecule has 0 saturated carbocycles. The molecule has 1 aromatic heterocycles. The Balaban J connectivity index is 1.36. The second kappa shape index (κ2) is 11.5. The third-order valence-corrected chi connectivity index (χ3v) is 13.0. The lowest BCUT2D eigenvalue weighted by atomic mass is 9.81. The molecule has 2 N–H and O–H groups in total. The Morgan fingerprint density at radius 3 is 2.24 bits per heavy atom. The summed E-state index contributed by atoms with van der Waals surface area (Å²) >= 11 is 7.19. The van der Waals surface area contributed by atoms with Crippen LogP contribution in [0, 0.1) is 26.7 Å². The average Bonchev–Trinajstić information content (AvgIpc) is 3.74. The monoisotopic (exact) mass is 669 g/mol. The Labute approximate surface area is 298 Å². The maximum absolute atomic E-state index is 7.15. The van der Waals surface area contributed by atoms with E-state index in [4.69, 9.17) is 18.4 Å². The summed E-state index contributed by atoms with van der Waals surface area (Å²) in [5.74, 6) is 0.199. The fourth-order valence-electron chi connectivity index (χ4n) is 8.84. The molecule has 0 radical (unpaired) electrons. The van der Waals surface area contributed by atoms with Gasteiger partial charge in [-0.25, -0.2) is 0 Å². The average molecular weight is 670 g/mol. The number of hydrogen-bond acceptors (Lipinski definition) is 3. The van der Waals surface area contributed by atoms with Gasteiger partial charge in [0.15, 0.2) is 0 Å². The normalized spacial score (nSPS) is 16.5. The minimum absolute atomic E-state index is 0.199. The number of benzene rings is 5. The highest BCUT2D eigenvalue weighted by Gasteiger charge is 2.33. The molecule has 5 aromatic carbocycles. The van der Waals surface area contributed by atoms with E-state index in [9.17, 15) is 0 Å². The summed E-state index contributed by atoms with van der Waals surface area (Å²) in [6, 6.07) is 33.8. The van der Waals surface area contributed by atoms with Crippen molar-refractivity contribution in [1.29, 1.82) is 0 Å². The summed E-state index contributed by atoms with van der Waals surface area (Å²) < 4.78 is 1.33. The Morgan fingerprint density at radius 1 is 0.714 bits per heavy atom. The van der Waals surface area contributed by atoms with Gasteiger partial charge in [0.1, 0.15) is 0 Å². The Hall–Kier alpha value is -4.57. The van der Waals surface area contributed by atoms with Crippen LogP contribution in [0.15, 0.2) is 125 Å². The maximum Gasteiger partial charge on any atom is 0.0352 e. The molecular formula is C46H39NS2. The van der Waals surface area contributed by atoms with Crippen LogP contribution in [-0.2, 0) is 6.42 Å². The number of rotatable bonds is 4. The third kappa shape index (κ3) is 4.52. The fraction of sp³-hybridized carbons (Fsp3) is 0.174. The van der Waals surface area contributed by atoms with E-state index in [1.165, 1.54) is 104 Å². The van der Waals surface area contributed by atoms with Gasteiger partial charge in [0.2, 0.25) is 0 Å². The van der Waals surface area contributed by atoms with Gasteiger partial charge in [0.05, 0.1) is 0 Å². The van der Waals surface area contributed by atoms with Crippen molar-refractivity contribution in [2.45, 2.75) is 51.9 Å². The number of aryl methyl sites for hydroxylation is 1. The molecule has 3 aliphatic carbocycles. The molecule has 0 spiro atoms. The molecule has 0 amide bonds. The van der Waals surface area contributed by atoms with Crippen LogP contribution in [0.3, 0.4) is 0 Å². The molecule has 3 aliphatic rings. The predicted octanol–water partition coefficient (Wildman–Crippen LogP) is 12.7. The molecule has 1 heterocycles. The zero-order valence-electron chi connectivity index (χ0n) is 28.4. The maximum atomic E-state index is 7.15. The lowest BCUT2D eigenvalue weighted by molar-refractivity contribution is 0.813. The zero-order chi connectivity index (χ0) is 33.6. The lowest BCUT2D eigenvalue weighted by Crippen LogP contribution is -2.08. The fourth-order valence-corrected chi connectivity index (χ4v) is 10.2. The minimum Gasteiger partial charge on any atom is -0.401 e. The molecule has 0 fully saturated rings. The highest BCUT2D eigenvalue weighted by molar-refractivity contribution is 7.80. The molecule has 9 rings (SSSR count). The van der Waals surface area contributed by atoms with Gasteiger partial charge in [0.25, 0.3) is 0 Å². The van der Waals surface area contributed by atoms with Gasteiger partial charge >= 0.3 is 0 Å². The molecule has 0 bridgehead atoms. The van der Waals surface area contributed by atoms with Crippen molar-refractivity contribution < 1.29 is 0 Å². The second-order valence-electron chi connectivity index (χ2n) is 13.9. The van der Waals surface area contributed by atoms with E-state index in [1.54, 1.807) is 0 Å². The van der Waals surface area contributed by atoms with Gasteiger partial charge in [-0.3, -0.25) is 0 Å². The zero-order valence-corrected chi connectivity index (χ0v) is 30.2. The third-order valence-electron chi connectivity index (χ3n) is 11.3. The van der Waals surface area contributed by atoms with Crippen molar-refractivity contribution in [1.82, 2.24) is 0 Å². The summed E-state index contributed by atoms with van der Waals surface area (Å²) in [6.45, 7) is 9.09. The molecule has 240 valence electrons. The van der Waals surface area contributed by atoms with Crippen molar-refractivity contribution in [3.63, 3.8) is 0 Å². The standard InChI is InChI=1S/C46H39NS2/c1-25-31(42-28(4)49-41-22-10-9-17-36(41)42)18-11-19-32(25)43-35(20-12-21-37(43)44-34-16-8-7-14-30(34)26(2)45(44)47)40-24-39-33-15-6-5-13-29(33)23-38(39)27(3)46(40)48/h5-7,9-15,17-22,24,26,48H,8,16,23,47H2,1-4H3. The van der Waals surface area contributed by atoms with E-state index in [0.29, 0.717) is 0 Å². The van der Waals surface area contributed by atoms with Crippen LogP contribution in [0.1, 0.15) is 52.5 Å². The molecule has 49 heavy (non-hydrogen) atoms. The first-order chi connectivity index (χ1) is 23.8. The topological polar surface area (TPSA) is 26.0 Å². The first kappa shape index (κ1) is 30.5. The molecule has 0 aliphatic heterocycles. The number of allylic oxidation sites excluding steroid dienone is 5. The van der Waals surface area contributed by atoms with Gasteiger partial charge in [-0.2, -0.15) is 0 Å². The Bertz CT molecular complexity index is 2480. The first-order valence-corrected chi connectivity index (χ1v) is 18.6. The summed E-state index contributed by atoms with van der Waals surface area (Å²) in [7, 11) is 0. The molecule has 6 aromatic rings. The van der Waals surface area contributed by atoms with Crippen molar-refractivity contribution in [3.8, 4) is 44.5 Å². The summed E-state index contributed by atoms with van der Waals surface area (Å²) in [5.41, 5.74) is 28.9. The highest BCUT2D eigenvalue weighted by atomic mass is 32.1. The van der Waals surface area contributed by atoms with Crippen molar-refractivity contribution >= 4 is 39.6 Å². The van der Waals surface area contributed by atoms with Crippen LogP contribution >= 0.6 is 24.0 Å². The molecule has 0 saturated heterocycles. The number of fused-ring (bicyclic) bond motifs is 4. The number of thiophene rings is 1. The lowest BCUT2D eigenvalue weighted by Gasteiger charge is -2.24. The Kier molecular flexibility index (Phi) is 7.16. The summed E-state index contributed by atoms with van der Waals surface area (Å²) in [4.78, 5) is 2.40. The van der Waals surface area contributed by atoms with Gasteiger partial charge < -0.3 is 5.73 Å². The quantitative estimate of drug-likeness (QED) is 0.179. The van der Waals surface area contributed by atoms with Gasteiger partial charge in [-0.1, -0.05) is 97.9 Å². The SMILES string of the molecule is Cc1sc2ccccc2c1-c1cccc(-c2c(C3=C(N)C(C)C4=C3CCC=C4)cccc2-c2cc3c(c(C)c2S)Cc2ccccc2-3)c1C. The van der Waals surface area contributed by atoms with Crippen LogP contribution < -0.4 is 5.73 Å².